The van der Waals surface area contributed by atoms with Crippen molar-refractivity contribution in [1.82, 2.24) is 20.2 Å². The van der Waals surface area contributed by atoms with Gasteiger partial charge >= 0.3 is 0 Å². The maximum absolute atomic E-state index is 12.3. The topological polar surface area (TPSA) is 81.9 Å². The summed E-state index contributed by atoms with van der Waals surface area (Å²) in [5, 5.41) is 14.2. The van der Waals surface area contributed by atoms with Crippen LogP contribution in [0.3, 0.4) is 0 Å². The predicted octanol–water partition coefficient (Wildman–Crippen LogP) is 3.23. The molecule has 0 radical (unpaired) electrons. The molecule has 7 nitrogen and oxygen atoms in total. The number of tetrazole rings is 1. The number of carbonyl (C=O) groups is 1. The van der Waals surface area contributed by atoms with Gasteiger partial charge in [-0.05, 0) is 46.8 Å². The zero-order chi connectivity index (χ0) is 17.1. The van der Waals surface area contributed by atoms with E-state index in [-0.39, 0.29) is 16.0 Å². The van der Waals surface area contributed by atoms with E-state index in [1.54, 1.807) is 24.3 Å². The van der Waals surface area contributed by atoms with Gasteiger partial charge in [0.25, 0.3) is 5.91 Å². The van der Waals surface area contributed by atoms with Gasteiger partial charge in [-0.2, -0.15) is 0 Å². The Morgan fingerprint density at radius 2 is 1.83 bits per heavy atom. The molecule has 3 aromatic rings. The Labute approximate surface area is 147 Å². The van der Waals surface area contributed by atoms with Gasteiger partial charge in [0.2, 0.25) is 0 Å². The van der Waals surface area contributed by atoms with Crippen LogP contribution >= 0.6 is 23.2 Å². The van der Waals surface area contributed by atoms with Gasteiger partial charge in [0.05, 0.1) is 22.8 Å². The van der Waals surface area contributed by atoms with Crippen LogP contribution in [0.5, 0.6) is 5.75 Å². The van der Waals surface area contributed by atoms with Crippen LogP contribution < -0.4 is 10.1 Å². The van der Waals surface area contributed by atoms with Crippen LogP contribution in [-0.2, 0) is 0 Å². The van der Waals surface area contributed by atoms with E-state index in [0.717, 1.165) is 5.69 Å². The number of nitrogens with zero attached hydrogens (tertiary/aromatic N) is 4. The summed E-state index contributed by atoms with van der Waals surface area (Å²) in [6.45, 7) is 0. The first-order valence-corrected chi connectivity index (χ1v) is 7.52. The lowest BCUT2D eigenvalue weighted by atomic mass is 10.2. The van der Waals surface area contributed by atoms with E-state index in [0.29, 0.717) is 17.0 Å². The fourth-order valence-electron chi connectivity index (χ4n) is 2.07. The molecule has 0 spiro atoms. The van der Waals surface area contributed by atoms with Crippen LogP contribution in [0, 0.1) is 0 Å². The van der Waals surface area contributed by atoms with E-state index < -0.39 is 0 Å². The minimum Gasteiger partial charge on any atom is -0.494 e. The van der Waals surface area contributed by atoms with Gasteiger partial charge in [-0.25, -0.2) is 4.68 Å². The molecule has 3 rings (SSSR count). The molecule has 1 heterocycles. The summed E-state index contributed by atoms with van der Waals surface area (Å²) in [6.07, 6.45) is 1.48. The molecule has 0 aliphatic carbocycles. The van der Waals surface area contributed by atoms with Crippen molar-refractivity contribution < 1.29 is 9.53 Å². The molecule has 0 unspecified atom stereocenters. The highest BCUT2D eigenvalue weighted by molar-refractivity contribution is 6.37. The van der Waals surface area contributed by atoms with Gasteiger partial charge in [-0.3, -0.25) is 4.79 Å². The van der Waals surface area contributed by atoms with Gasteiger partial charge in [0, 0.05) is 11.3 Å². The van der Waals surface area contributed by atoms with E-state index in [1.807, 2.05) is 0 Å². The lowest BCUT2D eigenvalue weighted by Crippen LogP contribution is -2.12. The highest BCUT2D eigenvalue weighted by atomic mass is 35.5. The van der Waals surface area contributed by atoms with Crippen molar-refractivity contribution in [1.29, 1.82) is 0 Å². The Morgan fingerprint density at radius 3 is 2.38 bits per heavy atom. The van der Waals surface area contributed by atoms with Crippen molar-refractivity contribution in [2.24, 2.45) is 0 Å². The fourth-order valence-corrected chi connectivity index (χ4v) is 2.71. The first-order chi connectivity index (χ1) is 11.6. The number of carbonyl (C=O) groups excluding carboxylic acids is 1. The zero-order valence-electron chi connectivity index (χ0n) is 12.4. The smallest absolute Gasteiger partial charge is 0.255 e. The van der Waals surface area contributed by atoms with Crippen molar-refractivity contribution in [2.45, 2.75) is 0 Å². The van der Waals surface area contributed by atoms with Gasteiger partial charge in [-0.15, -0.1) is 5.10 Å². The second-order valence-electron chi connectivity index (χ2n) is 4.73. The molecule has 122 valence electrons. The number of ether oxygens (including phenoxy) is 1. The SMILES string of the molecule is COc1c(Cl)cc(C(=O)Nc2ccc(-n3cnnn3)cc2)cc1Cl. The summed E-state index contributed by atoms with van der Waals surface area (Å²) in [5.74, 6) is -0.00250. The summed E-state index contributed by atoms with van der Waals surface area (Å²) < 4.78 is 6.57. The number of benzene rings is 2. The average Bonchev–Trinajstić information content (AvgIpc) is 3.09. The molecule has 0 aliphatic rings. The Kier molecular flexibility index (Phi) is 4.64. The number of anilines is 1. The number of methoxy groups -OCH3 is 1. The minimum atomic E-state index is -0.336. The Morgan fingerprint density at radius 1 is 1.17 bits per heavy atom. The molecule has 0 atom stereocenters. The Bertz CT molecular complexity index is 843. The highest BCUT2D eigenvalue weighted by Gasteiger charge is 2.13. The van der Waals surface area contributed by atoms with Gasteiger partial charge in [-0.1, -0.05) is 23.2 Å². The molecule has 0 bridgehead atoms. The van der Waals surface area contributed by atoms with Crippen LogP contribution in [0.2, 0.25) is 10.0 Å². The second kappa shape index (κ2) is 6.86. The predicted molar refractivity (Wildman–Crippen MR) is 90.1 cm³/mol. The van der Waals surface area contributed by atoms with E-state index >= 15 is 0 Å². The first-order valence-electron chi connectivity index (χ1n) is 6.76. The molecule has 0 fully saturated rings. The number of rotatable bonds is 4. The number of aromatic nitrogens is 4. The average molecular weight is 364 g/mol. The maximum Gasteiger partial charge on any atom is 0.255 e. The number of halogens is 2. The van der Waals surface area contributed by atoms with E-state index in [4.69, 9.17) is 27.9 Å². The van der Waals surface area contributed by atoms with Crippen LogP contribution in [-0.4, -0.2) is 33.2 Å². The summed E-state index contributed by atoms with van der Waals surface area (Å²) >= 11 is 12.1. The monoisotopic (exact) mass is 363 g/mol. The summed E-state index contributed by atoms with van der Waals surface area (Å²) in [5.41, 5.74) is 1.71. The van der Waals surface area contributed by atoms with E-state index in [1.165, 1.54) is 30.3 Å². The molecule has 24 heavy (non-hydrogen) atoms. The number of amides is 1. The molecular formula is C15H11Cl2N5O2. The minimum absolute atomic E-state index is 0.268. The third kappa shape index (κ3) is 3.32. The van der Waals surface area contributed by atoms with Crippen molar-refractivity contribution >= 4 is 34.8 Å². The van der Waals surface area contributed by atoms with Crippen molar-refractivity contribution in [2.75, 3.05) is 12.4 Å². The third-order valence-corrected chi connectivity index (χ3v) is 3.76. The van der Waals surface area contributed by atoms with Crippen LogP contribution in [0.25, 0.3) is 5.69 Å². The summed E-state index contributed by atoms with van der Waals surface area (Å²) in [4.78, 5) is 12.3. The molecule has 0 saturated heterocycles. The van der Waals surface area contributed by atoms with Gasteiger partial charge < -0.3 is 10.1 Å². The van der Waals surface area contributed by atoms with Crippen molar-refractivity contribution in [3.63, 3.8) is 0 Å². The lowest BCUT2D eigenvalue weighted by Gasteiger charge is -2.10. The molecule has 0 saturated carbocycles. The van der Waals surface area contributed by atoms with Crippen LogP contribution in [0.15, 0.2) is 42.7 Å². The molecule has 1 amide bonds. The van der Waals surface area contributed by atoms with Gasteiger partial charge in [0.15, 0.2) is 5.75 Å². The highest BCUT2D eigenvalue weighted by Crippen LogP contribution is 2.34. The Hall–Kier alpha value is -2.64. The third-order valence-electron chi connectivity index (χ3n) is 3.20. The molecule has 1 N–H and O–H groups in total. The largest absolute Gasteiger partial charge is 0.494 e. The number of nitrogens with one attached hydrogen (secondary N) is 1. The summed E-state index contributed by atoms with van der Waals surface area (Å²) in [6, 6.07) is 10.0. The second-order valence-corrected chi connectivity index (χ2v) is 5.54. The van der Waals surface area contributed by atoms with Crippen LogP contribution in [0.1, 0.15) is 10.4 Å². The van der Waals surface area contributed by atoms with E-state index in [9.17, 15) is 4.79 Å². The summed E-state index contributed by atoms with van der Waals surface area (Å²) in [7, 11) is 1.46. The molecule has 2 aromatic carbocycles. The maximum atomic E-state index is 12.3. The molecular weight excluding hydrogens is 353 g/mol. The Balaban J connectivity index is 1.77. The van der Waals surface area contributed by atoms with Crippen molar-refractivity contribution in [3.8, 4) is 11.4 Å². The number of hydrogen-bond donors (Lipinski definition) is 1. The number of hydrogen-bond acceptors (Lipinski definition) is 5. The van der Waals surface area contributed by atoms with Crippen LogP contribution in [0.4, 0.5) is 5.69 Å². The van der Waals surface area contributed by atoms with Crippen molar-refractivity contribution in [3.05, 3.63) is 58.3 Å². The fraction of sp³-hybridized carbons (Fsp3) is 0.0667. The lowest BCUT2D eigenvalue weighted by molar-refractivity contribution is 0.102. The first kappa shape index (κ1) is 16.2. The van der Waals surface area contributed by atoms with Gasteiger partial charge in [0.1, 0.15) is 6.33 Å². The molecule has 9 heteroatoms. The zero-order valence-corrected chi connectivity index (χ0v) is 13.9. The molecule has 0 aliphatic heterocycles. The normalized spacial score (nSPS) is 10.5. The standard InChI is InChI=1S/C15H11Cl2N5O2/c1-24-14-12(16)6-9(7-13(14)17)15(23)19-10-2-4-11(5-3-10)22-8-18-20-21-22/h2-8H,1H3,(H,19,23). The quantitative estimate of drug-likeness (QED) is 0.769. The van der Waals surface area contributed by atoms with E-state index in [2.05, 4.69) is 20.8 Å². The molecule has 1 aromatic heterocycles.